The lowest BCUT2D eigenvalue weighted by Crippen LogP contribution is -2.60. The summed E-state index contributed by atoms with van der Waals surface area (Å²) in [4.78, 5) is 57.7. The van der Waals surface area contributed by atoms with Crippen LogP contribution in [0.15, 0.2) is 4.99 Å². The number of hydrogen-bond donors (Lipinski definition) is 0. The summed E-state index contributed by atoms with van der Waals surface area (Å²) in [6, 6.07) is -2.48. The normalized spacial score (nSPS) is 17.2. The second-order valence-corrected chi connectivity index (χ2v) is 10.7. The van der Waals surface area contributed by atoms with Crippen LogP contribution in [-0.4, -0.2) is 86.1 Å². The first-order valence-corrected chi connectivity index (χ1v) is 12.8. The van der Waals surface area contributed by atoms with Crippen LogP contribution in [0.4, 0.5) is 0 Å². The molecule has 1 heterocycles. The Morgan fingerprint density at radius 1 is 0.778 bits per heavy atom. The van der Waals surface area contributed by atoms with Gasteiger partial charge in [-0.25, -0.2) is 9.59 Å². The van der Waals surface area contributed by atoms with Crippen molar-refractivity contribution in [2.24, 2.45) is 28.7 Å². The van der Waals surface area contributed by atoms with Crippen LogP contribution in [0.3, 0.4) is 0 Å². The summed E-state index contributed by atoms with van der Waals surface area (Å²) in [5, 5.41) is 0. The van der Waals surface area contributed by atoms with Gasteiger partial charge in [-0.1, -0.05) is 55.4 Å². The van der Waals surface area contributed by atoms with E-state index < -0.39 is 36.0 Å². The number of hydrogen-bond acceptors (Lipinski definition) is 10. The van der Waals surface area contributed by atoms with E-state index >= 15 is 0 Å². The van der Waals surface area contributed by atoms with E-state index in [2.05, 4.69) is 4.99 Å². The minimum Gasteiger partial charge on any atom is -0.465 e. The average Bonchev–Trinajstić information content (AvgIpc) is 2.80. The van der Waals surface area contributed by atoms with E-state index in [1.165, 1.54) is 4.90 Å². The smallest absolute Gasteiger partial charge is 0.354 e. The molecule has 0 aromatic heterocycles. The molecule has 1 rings (SSSR count). The number of carbonyl (C=O) groups is 4. The molecule has 0 N–H and O–H groups in total. The molecule has 2 atom stereocenters. The van der Waals surface area contributed by atoms with Gasteiger partial charge in [0.15, 0.2) is 6.04 Å². The van der Waals surface area contributed by atoms with Crippen molar-refractivity contribution in [2.75, 3.05) is 39.5 Å². The molecule has 1 aliphatic heterocycles. The molecule has 0 bridgehead atoms. The van der Waals surface area contributed by atoms with Gasteiger partial charge in [-0.2, -0.15) is 0 Å². The van der Waals surface area contributed by atoms with Gasteiger partial charge in [0.2, 0.25) is 0 Å². The maximum absolute atomic E-state index is 13.2. The summed E-state index contributed by atoms with van der Waals surface area (Å²) >= 11 is 0. The van der Waals surface area contributed by atoms with Crippen molar-refractivity contribution >= 4 is 29.6 Å². The molecule has 0 spiro atoms. The molecule has 0 radical (unpaired) electrons. The van der Waals surface area contributed by atoms with E-state index in [4.69, 9.17) is 18.9 Å². The van der Waals surface area contributed by atoms with Crippen molar-refractivity contribution in [3.05, 3.63) is 0 Å². The van der Waals surface area contributed by atoms with Crippen LogP contribution < -0.4 is 0 Å². The Bertz CT molecular complexity index is 776. The zero-order valence-electron chi connectivity index (χ0n) is 23.1. The highest BCUT2D eigenvalue weighted by molar-refractivity contribution is 6.42. The second kappa shape index (κ2) is 15.6. The SMILES string of the molecule is CC(C)COC(=O)C[C@@H](C(=O)OCC(C)C)N1CCN=C(C(=O)OCC(C)C)[C@H]1C(=O)OCC(C)C. The Morgan fingerprint density at radius 2 is 1.28 bits per heavy atom. The highest BCUT2D eigenvalue weighted by Crippen LogP contribution is 2.20. The van der Waals surface area contributed by atoms with Gasteiger partial charge in [0.1, 0.15) is 11.8 Å². The molecule has 0 aromatic rings. The fourth-order valence-electron chi connectivity index (χ4n) is 3.22. The lowest BCUT2D eigenvalue weighted by molar-refractivity contribution is -0.162. The van der Waals surface area contributed by atoms with E-state index in [1.54, 1.807) is 0 Å². The number of aliphatic imine (C=N–C) groups is 1. The summed E-state index contributed by atoms with van der Waals surface area (Å²) in [6.45, 7) is 16.0. The van der Waals surface area contributed by atoms with Crippen LogP contribution >= 0.6 is 0 Å². The summed E-state index contributed by atoms with van der Waals surface area (Å²) in [5.41, 5.74) is -0.145. The molecule has 1 aliphatic rings. The third kappa shape index (κ3) is 11.1. The average molecular weight is 513 g/mol. The molecule has 206 valence electrons. The van der Waals surface area contributed by atoms with Gasteiger partial charge in [-0.3, -0.25) is 19.5 Å². The largest absolute Gasteiger partial charge is 0.465 e. The number of rotatable bonds is 14. The summed E-state index contributed by atoms with van der Waals surface area (Å²) in [5.74, 6) is -2.45. The van der Waals surface area contributed by atoms with Gasteiger partial charge in [0.05, 0.1) is 39.4 Å². The van der Waals surface area contributed by atoms with Crippen molar-refractivity contribution in [2.45, 2.75) is 73.9 Å². The van der Waals surface area contributed by atoms with Gasteiger partial charge in [0, 0.05) is 6.54 Å². The molecule has 10 heteroatoms. The van der Waals surface area contributed by atoms with Gasteiger partial charge in [-0.05, 0) is 23.7 Å². The number of ether oxygens (including phenoxy) is 4. The van der Waals surface area contributed by atoms with E-state index in [0.717, 1.165) is 0 Å². The zero-order chi connectivity index (χ0) is 27.4. The summed E-state index contributed by atoms with van der Waals surface area (Å²) < 4.78 is 21.6. The predicted molar refractivity (Wildman–Crippen MR) is 134 cm³/mol. The Labute approximate surface area is 215 Å². The maximum atomic E-state index is 13.2. The lowest BCUT2D eigenvalue weighted by atomic mass is 10.0. The first-order chi connectivity index (χ1) is 16.8. The van der Waals surface area contributed by atoms with E-state index in [1.807, 2.05) is 55.4 Å². The van der Waals surface area contributed by atoms with Gasteiger partial charge >= 0.3 is 23.9 Å². The minimum atomic E-state index is -1.31. The zero-order valence-corrected chi connectivity index (χ0v) is 23.1. The van der Waals surface area contributed by atoms with Crippen LogP contribution in [0.5, 0.6) is 0 Å². The molecule has 36 heavy (non-hydrogen) atoms. The standard InChI is InChI=1S/C26H44N2O8/c1-16(2)12-33-21(29)11-20(24(30)34-13-17(3)4)28-10-9-27-22(25(31)35-14-18(5)6)23(28)26(32)36-15-19(7)8/h16-20,23H,9-15H2,1-8H3/t20-,23-/m0/s1. The van der Waals surface area contributed by atoms with Crippen LogP contribution in [0.25, 0.3) is 0 Å². The summed E-state index contributed by atoms with van der Waals surface area (Å²) in [7, 11) is 0. The van der Waals surface area contributed by atoms with Gasteiger partial charge in [0.25, 0.3) is 0 Å². The Kier molecular flexibility index (Phi) is 13.7. The number of carbonyl (C=O) groups excluding carboxylic acids is 4. The first kappa shape index (κ1) is 31.5. The van der Waals surface area contributed by atoms with E-state index in [0.29, 0.717) is 0 Å². The van der Waals surface area contributed by atoms with E-state index in [9.17, 15) is 19.2 Å². The monoisotopic (exact) mass is 512 g/mol. The Morgan fingerprint density at radius 3 is 1.83 bits per heavy atom. The third-order valence-electron chi connectivity index (χ3n) is 4.94. The van der Waals surface area contributed by atoms with Gasteiger partial charge < -0.3 is 18.9 Å². The van der Waals surface area contributed by atoms with Crippen LogP contribution in [-0.2, 0) is 38.1 Å². The fraction of sp³-hybridized carbons (Fsp3) is 0.808. The third-order valence-corrected chi connectivity index (χ3v) is 4.94. The lowest BCUT2D eigenvalue weighted by Gasteiger charge is -2.37. The molecule has 0 unspecified atom stereocenters. The first-order valence-electron chi connectivity index (χ1n) is 12.8. The molecule has 10 nitrogen and oxygen atoms in total. The van der Waals surface area contributed by atoms with Crippen molar-refractivity contribution in [3.8, 4) is 0 Å². The van der Waals surface area contributed by atoms with E-state index in [-0.39, 0.29) is 75.3 Å². The Balaban J connectivity index is 3.33. The second-order valence-electron chi connectivity index (χ2n) is 10.7. The molecule has 0 fully saturated rings. The molecular formula is C26H44N2O8. The quantitative estimate of drug-likeness (QED) is 0.255. The Hall–Kier alpha value is -2.49. The molecule has 0 saturated carbocycles. The number of esters is 4. The van der Waals surface area contributed by atoms with Crippen molar-refractivity contribution in [3.63, 3.8) is 0 Å². The van der Waals surface area contributed by atoms with Crippen molar-refractivity contribution in [1.82, 2.24) is 4.90 Å². The van der Waals surface area contributed by atoms with Crippen LogP contribution in [0.2, 0.25) is 0 Å². The molecule has 0 saturated heterocycles. The number of nitrogens with zero attached hydrogens (tertiary/aromatic N) is 2. The van der Waals surface area contributed by atoms with Crippen molar-refractivity contribution < 1.29 is 38.1 Å². The topological polar surface area (TPSA) is 121 Å². The predicted octanol–water partition coefficient (Wildman–Crippen LogP) is 2.67. The fourth-order valence-corrected chi connectivity index (χ4v) is 3.22. The maximum Gasteiger partial charge on any atom is 0.354 e. The van der Waals surface area contributed by atoms with Crippen LogP contribution in [0.1, 0.15) is 61.8 Å². The van der Waals surface area contributed by atoms with Crippen molar-refractivity contribution in [1.29, 1.82) is 0 Å². The highest BCUT2D eigenvalue weighted by Gasteiger charge is 2.45. The van der Waals surface area contributed by atoms with Gasteiger partial charge in [-0.15, -0.1) is 0 Å². The minimum absolute atomic E-state index is 0.0529. The summed E-state index contributed by atoms with van der Waals surface area (Å²) in [6.07, 6.45) is -0.341. The highest BCUT2D eigenvalue weighted by atomic mass is 16.6. The van der Waals surface area contributed by atoms with Crippen LogP contribution in [0, 0.1) is 23.7 Å². The molecule has 0 aromatic carbocycles. The molecule has 0 aliphatic carbocycles. The molecular weight excluding hydrogens is 468 g/mol. The molecule has 0 amide bonds.